The summed E-state index contributed by atoms with van der Waals surface area (Å²) in [6.07, 6.45) is -23.6. The van der Waals surface area contributed by atoms with E-state index in [1.54, 1.807) is 4.74 Å². The molecule has 1 amide bonds. The van der Waals surface area contributed by atoms with Gasteiger partial charge in [-0.3, -0.25) is 4.79 Å². The lowest BCUT2D eigenvalue weighted by Gasteiger charge is -2.52. The third-order valence-electron chi connectivity index (χ3n) is 3.52. The molecule has 20 heteroatoms. The summed E-state index contributed by atoms with van der Waals surface area (Å²) in [6.45, 7) is -1.63. The van der Waals surface area contributed by atoms with Gasteiger partial charge in [0.15, 0.2) is 0 Å². The van der Waals surface area contributed by atoms with Crippen molar-refractivity contribution in [3.63, 3.8) is 0 Å². The molecule has 31 heavy (non-hydrogen) atoms. The molecule has 1 aliphatic rings. The van der Waals surface area contributed by atoms with Gasteiger partial charge in [0.1, 0.15) is 0 Å². The van der Waals surface area contributed by atoms with E-state index in [2.05, 4.69) is 0 Å². The fraction of sp³-hybridized carbons (Fsp3) is 0.818. The van der Waals surface area contributed by atoms with Gasteiger partial charge in [0.25, 0.3) is 5.91 Å². The van der Waals surface area contributed by atoms with Crippen molar-refractivity contribution in [1.82, 2.24) is 10.2 Å². The Labute approximate surface area is 159 Å². The van der Waals surface area contributed by atoms with E-state index in [9.17, 15) is 76.2 Å². The zero-order valence-electron chi connectivity index (χ0n) is 13.8. The first kappa shape index (κ1) is 26.9. The fourth-order valence-electron chi connectivity index (χ4n) is 2.09. The Morgan fingerprint density at radius 1 is 0.839 bits per heavy atom. The van der Waals surface area contributed by atoms with Gasteiger partial charge in [-0.1, -0.05) is 0 Å². The fourth-order valence-corrected chi connectivity index (χ4v) is 2.09. The summed E-state index contributed by atoms with van der Waals surface area (Å²) in [7, 11) is 0. The Kier molecular flexibility index (Phi) is 6.25. The van der Waals surface area contributed by atoms with Crippen LogP contribution in [0.25, 0.3) is 0 Å². The highest BCUT2D eigenvalue weighted by atomic mass is 19.4. The average Bonchev–Trinajstić information content (AvgIpc) is 2.50. The number of amides is 1. The quantitative estimate of drug-likeness (QED) is 0.450. The van der Waals surface area contributed by atoms with Gasteiger partial charge in [0, 0.05) is 18.9 Å². The maximum atomic E-state index is 14.5. The van der Waals surface area contributed by atoms with E-state index in [1.165, 1.54) is 0 Å². The summed E-state index contributed by atoms with van der Waals surface area (Å²) >= 11 is 0. The number of nitrogens with one attached hydrogen (secondary N) is 1. The lowest BCUT2D eigenvalue weighted by molar-refractivity contribution is -0.593. The lowest BCUT2D eigenvalue weighted by Crippen LogP contribution is -2.84. The van der Waals surface area contributed by atoms with E-state index in [0.29, 0.717) is 5.32 Å². The van der Waals surface area contributed by atoms with Crippen molar-refractivity contribution >= 4 is 11.9 Å². The van der Waals surface area contributed by atoms with Crippen LogP contribution in [0.15, 0.2) is 0 Å². The summed E-state index contributed by atoms with van der Waals surface area (Å²) in [6, 6.07) is -15.1. The second kappa shape index (κ2) is 7.20. The van der Waals surface area contributed by atoms with Crippen LogP contribution in [-0.4, -0.2) is 65.5 Å². The SMILES string of the molecule is O=C([O-])CCNC(=O)C(F)(F)C(F)(N1C(F)(F)C(F)(F)OC(F)(F)C1(F)F)C(F)(F)F. The lowest BCUT2D eigenvalue weighted by atomic mass is 10.00. The molecule has 0 radical (unpaired) electrons. The minimum absolute atomic E-state index is 0.495. The maximum absolute atomic E-state index is 14.5. The van der Waals surface area contributed by atoms with Crippen LogP contribution in [0.3, 0.4) is 0 Å². The third-order valence-corrected chi connectivity index (χ3v) is 3.52. The molecular formula is C11H5F14N2O4-. The minimum atomic E-state index is -7.92. The molecule has 1 N–H and O–H groups in total. The van der Waals surface area contributed by atoms with Gasteiger partial charge < -0.3 is 15.2 Å². The van der Waals surface area contributed by atoms with Crippen molar-refractivity contribution < 1.29 is 80.9 Å². The predicted molar refractivity (Wildman–Crippen MR) is 60.2 cm³/mol. The van der Waals surface area contributed by atoms with Gasteiger partial charge in [-0.2, -0.15) is 57.1 Å². The van der Waals surface area contributed by atoms with E-state index in [4.69, 9.17) is 0 Å². The zero-order chi connectivity index (χ0) is 25.1. The topological polar surface area (TPSA) is 81.7 Å². The van der Waals surface area contributed by atoms with Crippen molar-refractivity contribution in [1.29, 1.82) is 0 Å². The van der Waals surface area contributed by atoms with Gasteiger partial charge >= 0.3 is 42.2 Å². The number of hydrogen-bond acceptors (Lipinski definition) is 5. The van der Waals surface area contributed by atoms with Crippen molar-refractivity contribution in [2.24, 2.45) is 0 Å². The third kappa shape index (κ3) is 3.82. The van der Waals surface area contributed by atoms with Crippen LogP contribution in [0.4, 0.5) is 61.5 Å². The van der Waals surface area contributed by atoms with E-state index in [1.807, 2.05) is 0 Å². The maximum Gasteiger partial charge on any atom is 0.443 e. The van der Waals surface area contributed by atoms with Crippen LogP contribution in [0.2, 0.25) is 0 Å². The Balaban J connectivity index is 3.79. The van der Waals surface area contributed by atoms with Gasteiger partial charge in [0.2, 0.25) is 0 Å². The average molecular weight is 495 g/mol. The number of morpholine rings is 1. The summed E-state index contributed by atoms with van der Waals surface area (Å²) in [4.78, 5) is 17.0. The van der Waals surface area contributed by atoms with Crippen LogP contribution >= 0.6 is 0 Å². The molecule has 1 saturated heterocycles. The van der Waals surface area contributed by atoms with Crippen molar-refractivity contribution in [3.05, 3.63) is 0 Å². The molecule has 0 aromatic rings. The number of rotatable bonds is 6. The molecule has 0 saturated carbocycles. The molecule has 0 spiro atoms. The Bertz CT molecular complexity index is 712. The first-order valence-electron chi connectivity index (χ1n) is 7.04. The van der Waals surface area contributed by atoms with Crippen LogP contribution in [-0.2, 0) is 14.3 Å². The van der Waals surface area contributed by atoms with Gasteiger partial charge in [0.05, 0.1) is 0 Å². The summed E-state index contributed by atoms with van der Waals surface area (Å²) in [5, 5.41) is 10.6. The summed E-state index contributed by atoms with van der Waals surface area (Å²) in [5.74, 6) is -21.1. The van der Waals surface area contributed by atoms with Crippen LogP contribution in [0.1, 0.15) is 6.42 Å². The van der Waals surface area contributed by atoms with Crippen LogP contribution in [0, 0.1) is 0 Å². The molecule has 6 nitrogen and oxygen atoms in total. The number of halogens is 14. The molecule has 182 valence electrons. The van der Waals surface area contributed by atoms with E-state index >= 15 is 0 Å². The molecule has 1 fully saturated rings. The van der Waals surface area contributed by atoms with Crippen LogP contribution < -0.4 is 10.4 Å². The molecule has 0 aromatic heterocycles. The molecular weight excluding hydrogens is 490 g/mol. The largest absolute Gasteiger partial charge is 0.550 e. The number of carboxylic acid groups (broad SMARTS) is 1. The Morgan fingerprint density at radius 2 is 1.23 bits per heavy atom. The first-order chi connectivity index (χ1) is 13.4. The smallest absolute Gasteiger partial charge is 0.443 e. The monoisotopic (exact) mass is 495 g/mol. The molecule has 0 aliphatic carbocycles. The molecule has 0 aromatic carbocycles. The second-order valence-corrected chi connectivity index (χ2v) is 5.63. The molecule has 1 atom stereocenters. The van der Waals surface area contributed by atoms with Crippen molar-refractivity contribution in [2.75, 3.05) is 6.54 Å². The number of aliphatic carboxylic acids is 1. The predicted octanol–water partition coefficient (Wildman–Crippen LogP) is 1.81. The molecule has 1 aliphatic heterocycles. The highest BCUT2D eigenvalue weighted by molar-refractivity contribution is 5.85. The normalized spacial score (nSPS) is 24.8. The van der Waals surface area contributed by atoms with Gasteiger partial charge in [-0.25, -0.2) is 9.13 Å². The van der Waals surface area contributed by atoms with Crippen molar-refractivity contribution in [2.45, 2.75) is 48.6 Å². The highest BCUT2D eigenvalue weighted by Gasteiger charge is 2.94. The number of carbonyl (C=O) groups excluding carboxylic acids is 2. The number of ether oxygens (including phenoxy) is 1. The van der Waals surface area contributed by atoms with Crippen molar-refractivity contribution in [3.8, 4) is 0 Å². The molecule has 1 heterocycles. The highest BCUT2D eigenvalue weighted by Crippen LogP contribution is 2.63. The Hall–Kier alpha value is -2.12. The molecule has 1 unspecified atom stereocenters. The number of carbonyl (C=O) groups is 2. The molecule has 1 rings (SSSR count). The van der Waals surface area contributed by atoms with Gasteiger partial charge in [-0.15, -0.1) is 4.90 Å². The number of hydrogen-bond donors (Lipinski definition) is 1. The van der Waals surface area contributed by atoms with Gasteiger partial charge in [-0.05, 0) is 0 Å². The summed E-state index contributed by atoms with van der Waals surface area (Å²) in [5.41, 5.74) is 0. The van der Waals surface area contributed by atoms with E-state index < -0.39 is 71.9 Å². The second-order valence-electron chi connectivity index (χ2n) is 5.63. The van der Waals surface area contributed by atoms with E-state index in [0.717, 1.165) is 0 Å². The Morgan fingerprint density at radius 3 is 1.55 bits per heavy atom. The minimum Gasteiger partial charge on any atom is -0.550 e. The van der Waals surface area contributed by atoms with E-state index in [-0.39, 0.29) is 0 Å². The summed E-state index contributed by atoms with van der Waals surface area (Å²) < 4.78 is 190. The standard InChI is InChI=1S/C11H6F14N2O4/c12-5(13,4(30)26-2-1-3(28)29)6(14,7(15,16)17)27-8(18,19)10(22,23)31-11(24,25)9(27,20)21/h1-2H2,(H,26,30)(H,28,29)/p-1. The zero-order valence-corrected chi connectivity index (χ0v) is 13.8. The first-order valence-corrected chi connectivity index (χ1v) is 7.04. The number of alkyl halides is 14. The van der Waals surface area contributed by atoms with Crippen LogP contribution in [0.5, 0.6) is 0 Å². The molecule has 0 bridgehead atoms. The number of carboxylic acids is 1. The number of nitrogens with zero attached hydrogens (tertiary/aromatic N) is 1.